The molecule has 0 saturated heterocycles. The molecule has 0 bridgehead atoms. The Labute approximate surface area is 91.9 Å². The van der Waals surface area contributed by atoms with Crippen molar-refractivity contribution in [2.45, 2.75) is 31.7 Å². The van der Waals surface area contributed by atoms with Gasteiger partial charge >= 0.3 is 6.18 Å². The highest BCUT2D eigenvalue weighted by Gasteiger charge is 2.35. The van der Waals surface area contributed by atoms with Crippen molar-refractivity contribution in [3.05, 3.63) is 35.4 Å². The van der Waals surface area contributed by atoms with Gasteiger partial charge in [-0.05, 0) is 18.1 Å². The van der Waals surface area contributed by atoms with Crippen LogP contribution in [0.15, 0.2) is 24.3 Å². The largest absolute Gasteiger partial charge is 0.416 e. The zero-order valence-corrected chi connectivity index (χ0v) is 8.83. The number of alkyl halides is 3. The molecule has 5 heteroatoms. The van der Waals surface area contributed by atoms with E-state index in [2.05, 4.69) is 0 Å². The maximum atomic E-state index is 12.6. The first kappa shape index (κ1) is 13.0. The summed E-state index contributed by atoms with van der Waals surface area (Å²) in [6, 6.07) is 4.25. The summed E-state index contributed by atoms with van der Waals surface area (Å²) in [5.74, 6) is 0. The molecule has 0 heterocycles. The quantitative estimate of drug-likeness (QED) is 0.842. The fourth-order valence-electron chi connectivity index (χ4n) is 1.47. The number of aliphatic hydroxyl groups is 1. The highest BCUT2D eigenvalue weighted by Crippen LogP contribution is 2.35. The van der Waals surface area contributed by atoms with Gasteiger partial charge < -0.3 is 10.8 Å². The Bertz CT molecular complexity index is 351. The fourth-order valence-corrected chi connectivity index (χ4v) is 1.47. The second-order valence-electron chi connectivity index (χ2n) is 3.60. The molecule has 1 aromatic carbocycles. The summed E-state index contributed by atoms with van der Waals surface area (Å²) in [5.41, 5.74) is 4.55. The smallest absolute Gasteiger partial charge is 0.387 e. The standard InChI is InChI=1S/C11H14F3NO/c1-2-9(15)10(16)7-5-3-4-6-8(7)11(12,13)14/h3-6,9-10,16H,2,15H2,1H3. The average Bonchev–Trinajstić information content (AvgIpc) is 2.26. The van der Waals surface area contributed by atoms with Crippen molar-refractivity contribution in [3.63, 3.8) is 0 Å². The van der Waals surface area contributed by atoms with E-state index in [0.717, 1.165) is 6.07 Å². The van der Waals surface area contributed by atoms with Crippen LogP contribution in [0.25, 0.3) is 0 Å². The van der Waals surface area contributed by atoms with Gasteiger partial charge in [-0.3, -0.25) is 0 Å². The number of hydrogen-bond acceptors (Lipinski definition) is 2. The van der Waals surface area contributed by atoms with Crippen LogP contribution in [0.5, 0.6) is 0 Å². The van der Waals surface area contributed by atoms with E-state index >= 15 is 0 Å². The van der Waals surface area contributed by atoms with Crippen LogP contribution in [0.2, 0.25) is 0 Å². The summed E-state index contributed by atoms with van der Waals surface area (Å²) in [4.78, 5) is 0. The lowest BCUT2D eigenvalue weighted by atomic mass is 9.96. The van der Waals surface area contributed by atoms with Gasteiger partial charge in [0.2, 0.25) is 0 Å². The Morgan fingerprint density at radius 2 is 1.88 bits per heavy atom. The summed E-state index contributed by atoms with van der Waals surface area (Å²) >= 11 is 0. The van der Waals surface area contributed by atoms with E-state index in [1.165, 1.54) is 18.2 Å². The number of nitrogens with two attached hydrogens (primary N) is 1. The molecule has 16 heavy (non-hydrogen) atoms. The zero-order valence-electron chi connectivity index (χ0n) is 8.83. The van der Waals surface area contributed by atoms with E-state index in [1.807, 2.05) is 0 Å². The Kier molecular flexibility index (Phi) is 3.93. The third kappa shape index (κ3) is 2.74. The second kappa shape index (κ2) is 4.84. The lowest BCUT2D eigenvalue weighted by Gasteiger charge is -2.21. The molecule has 0 aromatic heterocycles. The molecule has 0 amide bonds. The van der Waals surface area contributed by atoms with Gasteiger partial charge in [0.1, 0.15) is 0 Å². The van der Waals surface area contributed by atoms with Crippen molar-refractivity contribution in [2.24, 2.45) is 5.73 Å². The number of halogens is 3. The van der Waals surface area contributed by atoms with E-state index in [1.54, 1.807) is 6.92 Å². The summed E-state index contributed by atoms with van der Waals surface area (Å²) in [5, 5.41) is 9.71. The van der Waals surface area contributed by atoms with Crippen molar-refractivity contribution in [1.29, 1.82) is 0 Å². The van der Waals surface area contributed by atoms with Gasteiger partial charge in [-0.25, -0.2) is 0 Å². The van der Waals surface area contributed by atoms with Gasteiger partial charge in [0.05, 0.1) is 11.7 Å². The molecule has 0 spiro atoms. The summed E-state index contributed by atoms with van der Waals surface area (Å²) in [6.07, 6.45) is -5.35. The monoisotopic (exact) mass is 233 g/mol. The van der Waals surface area contributed by atoms with Crippen LogP contribution in [0.3, 0.4) is 0 Å². The predicted octanol–water partition coefficient (Wildman–Crippen LogP) is 2.48. The maximum Gasteiger partial charge on any atom is 0.416 e. The van der Waals surface area contributed by atoms with Crippen LogP contribution in [0, 0.1) is 0 Å². The van der Waals surface area contributed by atoms with Crippen molar-refractivity contribution in [1.82, 2.24) is 0 Å². The predicted molar refractivity (Wildman–Crippen MR) is 54.7 cm³/mol. The van der Waals surface area contributed by atoms with Crippen LogP contribution in [0.1, 0.15) is 30.6 Å². The van der Waals surface area contributed by atoms with Crippen LogP contribution < -0.4 is 5.73 Å². The van der Waals surface area contributed by atoms with E-state index in [-0.39, 0.29) is 5.56 Å². The highest BCUT2D eigenvalue weighted by atomic mass is 19.4. The molecule has 0 aliphatic rings. The van der Waals surface area contributed by atoms with Crippen molar-refractivity contribution in [2.75, 3.05) is 0 Å². The molecule has 2 nitrogen and oxygen atoms in total. The molecule has 90 valence electrons. The number of aliphatic hydroxyl groups excluding tert-OH is 1. The first-order chi connectivity index (χ1) is 7.38. The van der Waals surface area contributed by atoms with Crippen LogP contribution >= 0.6 is 0 Å². The maximum absolute atomic E-state index is 12.6. The van der Waals surface area contributed by atoms with E-state index in [9.17, 15) is 18.3 Å². The molecule has 0 saturated carbocycles. The SMILES string of the molecule is CCC(N)C(O)c1ccccc1C(F)(F)F. The molecule has 0 aliphatic heterocycles. The van der Waals surface area contributed by atoms with Gasteiger partial charge in [-0.15, -0.1) is 0 Å². The fraction of sp³-hybridized carbons (Fsp3) is 0.455. The summed E-state index contributed by atoms with van der Waals surface area (Å²) in [7, 11) is 0. The van der Waals surface area contributed by atoms with Gasteiger partial charge in [-0.1, -0.05) is 25.1 Å². The molecule has 1 aromatic rings. The summed E-state index contributed by atoms with van der Waals surface area (Å²) < 4.78 is 37.9. The molecule has 1 rings (SSSR count). The molecular weight excluding hydrogens is 219 g/mol. The third-order valence-electron chi connectivity index (χ3n) is 2.46. The van der Waals surface area contributed by atoms with Crippen molar-refractivity contribution >= 4 is 0 Å². The zero-order chi connectivity index (χ0) is 12.3. The third-order valence-corrected chi connectivity index (χ3v) is 2.46. The minimum absolute atomic E-state index is 0.163. The minimum atomic E-state index is -4.47. The number of hydrogen-bond donors (Lipinski definition) is 2. The topological polar surface area (TPSA) is 46.2 Å². The van der Waals surface area contributed by atoms with E-state index in [4.69, 9.17) is 5.73 Å². The Balaban J connectivity index is 3.13. The molecule has 3 N–H and O–H groups in total. The van der Waals surface area contributed by atoms with E-state index < -0.39 is 23.9 Å². The van der Waals surface area contributed by atoms with Gasteiger partial charge in [0, 0.05) is 6.04 Å². The van der Waals surface area contributed by atoms with Crippen molar-refractivity contribution in [3.8, 4) is 0 Å². The number of benzene rings is 1. The molecule has 0 fully saturated rings. The van der Waals surface area contributed by atoms with Gasteiger partial charge in [0.25, 0.3) is 0 Å². The first-order valence-electron chi connectivity index (χ1n) is 4.97. The lowest BCUT2D eigenvalue weighted by molar-refractivity contribution is -0.139. The second-order valence-corrected chi connectivity index (χ2v) is 3.60. The molecular formula is C11H14F3NO. The summed E-state index contributed by atoms with van der Waals surface area (Å²) in [6.45, 7) is 1.71. The number of rotatable bonds is 3. The molecule has 2 unspecified atom stereocenters. The van der Waals surface area contributed by atoms with Crippen LogP contribution in [-0.4, -0.2) is 11.1 Å². The van der Waals surface area contributed by atoms with E-state index in [0.29, 0.717) is 6.42 Å². The van der Waals surface area contributed by atoms with Crippen LogP contribution in [0.4, 0.5) is 13.2 Å². The van der Waals surface area contributed by atoms with Gasteiger partial charge in [-0.2, -0.15) is 13.2 Å². The van der Waals surface area contributed by atoms with Gasteiger partial charge in [0.15, 0.2) is 0 Å². The lowest BCUT2D eigenvalue weighted by Crippen LogP contribution is -2.29. The van der Waals surface area contributed by atoms with Crippen molar-refractivity contribution < 1.29 is 18.3 Å². The first-order valence-corrected chi connectivity index (χ1v) is 4.97. The molecule has 0 radical (unpaired) electrons. The Hall–Kier alpha value is -1.07. The Morgan fingerprint density at radius 1 is 1.31 bits per heavy atom. The highest BCUT2D eigenvalue weighted by molar-refractivity contribution is 5.32. The minimum Gasteiger partial charge on any atom is -0.387 e. The Morgan fingerprint density at radius 3 is 2.38 bits per heavy atom. The average molecular weight is 233 g/mol. The molecule has 0 aliphatic carbocycles. The van der Waals surface area contributed by atoms with Crippen LogP contribution in [-0.2, 0) is 6.18 Å². The normalized spacial score (nSPS) is 15.9. The molecule has 2 atom stereocenters.